The van der Waals surface area contributed by atoms with E-state index in [0.717, 1.165) is 22.2 Å². The van der Waals surface area contributed by atoms with Gasteiger partial charge in [-0.25, -0.2) is 9.97 Å². The normalized spacial score (nSPS) is 10.8. The molecule has 8 heteroatoms. The molecule has 0 saturated heterocycles. The predicted molar refractivity (Wildman–Crippen MR) is 125 cm³/mol. The van der Waals surface area contributed by atoms with Crippen LogP contribution in [0.4, 0.5) is 17.6 Å². The largest absolute Gasteiger partial charge is 0.457 e. The van der Waals surface area contributed by atoms with Crippen LogP contribution in [0.25, 0.3) is 22.3 Å². The van der Waals surface area contributed by atoms with Gasteiger partial charge in [-0.3, -0.25) is 5.10 Å². The molecule has 3 N–H and O–H groups in total. The monoisotopic (exact) mass is 423 g/mol. The fourth-order valence-electron chi connectivity index (χ4n) is 3.34. The first-order valence-corrected chi connectivity index (χ1v) is 10.2. The number of ether oxygens (including phenoxy) is 1. The van der Waals surface area contributed by atoms with E-state index >= 15 is 0 Å². The van der Waals surface area contributed by atoms with Gasteiger partial charge in [-0.1, -0.05) is 18.2 Å². The van der Waals surface area contributed by atoms with E-state index in [1.54, 1.807) is 13.2 Å². The zero-order chi connectivity index (χ0) is 21.9. The van der Waals surface area contributed by atoms with Crippen molar-refractivity contribution in [3.63, 3.8) is 0 Å². The molecule has 5 aromatic rings. The minimum atomic E-state index is 0.516. The molecule has 32 heavy (non-hydrogen) atoms. The van der Waals surface area contributed by atoms with E-state index in [1.807, 2.05) is 73.7 Å². The second-order valence-electron chi connectivity index (χ2n) is 7.26. The van der Waals surface area contributed by atoms with Crippen molar-refractivity contribution in [2.24, 2.45) is 0 Å². The zero-order valence-electron chi connectivity index (χ0n) is 17.6. The molecule has 0 unspecified atom stereocenters. The summed E-state index contributed by atoms with van der Waals surface area (Å²) < 4.78 is 6.09. The van der Waals surface area contributed by atoms with E-state index in [-0.39, 0.29) is 0 Å². The second kappa shape index (κ2) is 8.35. The van der Waals surface area contributed by atoms with Gasteiger partial charge in [0.25, 0.3) is 0 Å². The number of H-pyrrole nitrogens is 1. The third kappa shape index (κ3) is 4.06. The maximum absolute atomic E-state index is 6.09. The Morgan fingerprint density at radius 2 is 1.75 bits per heavy atom. The number of aromatic nitrogens is 5. The lowest BCUT2D eigenvalue weighted by Crippen LogP contribution is -1.96. The van der Waals surface area contributed by atoms with Crippen LogP contribution < -0.4 is 15.4 Å². The maximum atomic E-state index is 6.09. The number of nitrogens with zero attached hydrogens (tertiary/aromatic N) is 4. The lowest BCUT2D eigenvalue weighted by atomic mass is 10.2. The number of aryl methyl sites for hydroxylation is 1. The average Bonchev–Trinajstić information content (AvgIpc) is 3.28. The summed E-state index contributed by atoms with van der Waals surface area (Å²) in [5, 5.41) is 14.2. The molecule has 158 valence electrons. The van der Waals surface area contributed by atoms with Gasteiger partial charge in [-0.15, -0.1) is 5.10 Å². The molecule has 3 aromatic carbocycles. The third-order valence-electron chi connectivity index (χ3n) is 4.92. The number of hydrogen-bond donors (Lipinski definition) is 3. The highest BCUT2D eigenvalue weighted by atomic mass is 16.5. The Kier molecular flexibility index (Phi) is 5.09. The Balaban J connectivity index is 1.33. The third-order valence-corrected chi connectivity index (χ3v) is 4.92. The first kappa shape index (κ1) is 19.5. The lowest BCUT2D eigenvalue weighted by Gasteiger charge is -2.09. The van der Waals surface area contributed by atoms with Crippen LogP contribution in [0.2, 0.25) is 0 Å². The molecule has 0 aliphatic rings. The number of anilines is 3. The summed E-state index contributed by atoms with van der Waals surface area (Å²) in [6.07, 6.45) is 1.76. The zero-order valence-corrected chi connectivity index (χ0v) is 17.6. The highest BCUT2D eigenvalue weighted by molar-refractivity contribution is 5.85. The smallest absolute Gasteiger partial charge is 0.246 e. The van der Waals surface area contributed by atoms with Crippen molar-refractivity contribution in [2.45, 2.75) is 6.92 Å². The van der Waals surface area contributed by atoms with Gasteiger partial charge in [-0.05, 0) is 61.0 Å². The van der Waals surface area contributed by atoms with Crippen LogP contribution in [0.1, 0.15) is 5.56 Å². The van der Waals surface area contributed by atoms with E-state index in [2.05, 4.69) is 35.8 Å². The first-order chi connectivity index (χ1) is 15.7. The Bertz CT molecular complexity index is 1380. The first-order valence-electron chi connectivity index (χ1n) is 10.2. The van der Waals surface area contributed by atoms with Crippen molar-refractivity contribution < 1.29 is 4.74 Å². The van der Waals surface area contributed by atoms with Gasteiger partial charge in [-0.2, -0.15) is 4.98 Å². The summed E-state index contributed by atoms with van der Waals surface area (Å²) in [6.45, 7) is 2.04. The number of benzene rings is 3. The van der Waals surface area contributed by atoms with Crippen molar-refractivity contribution in [3.8, 4) is 22.9 Å². The summed E-state index contributed by atoms with van der Waals surface area (Å²) in [7, 11) is 1.79. The van der Waals surface area contributed by atoms with Gasteiger partial charge in [0.1, 0.15) is 11.5 Å². The second-order valence-corrected chi connectivity index (χ2v) is 7.26. The quantitative estimate of drug-likeness (QED) is 0.341. The molecule has 8 nitrogen and oxygen atoms in total. The Labute approximate surface area is 184 Å². The maximum Gasteiger partial charge on any atom is 0.246 e. The highest BCUT2D eigenvalue weighted by Gasteiger charge is 2.09. The van der Waals surface area contributed by atoms with Crippen LogP contribution in [0.5, 0.6) is 11.5 Å². The molecule has 0 bridgehead atoms. The van der Waals surface area contributed by atoms with E-state index in [0.29, 0.717) is 29.2 Å². The summed E-state index contributed by atoms with van der Waals surface area (Å²) in [5.74, 6) is 3.16. The molecule has 0 atom stereocenters. The molecule has 0 amide bonds. The molecule has 5 rings (SSSR count). The minimum Gasteiger partial charge on any atom is -0.457 e. The van der Waals surface area contributed by atoms with Gasteiger partial charge in [0, 0.05) is 24.5 Å². The summed E-state index contributed by atoms with van der Waals surface area (Å²) in [5.41, 5.74) is 3.83. The van der Waals surface area contributed by atoms with Gasteiger partial charge >= 0.3 is 0 Å². The van der Waals surface area contributed by atoms with Crippen molar-refractivity contribution >= 4 is 28.5 Å². The highest BCUT2D eigenvalue weighted by Crippen LogP contribution is 2.30. The minimum absolute atomic E-state index is 0.516. The molecule has 0 fully saturated rings. The molecule has 0 saturated carbocycles. The SMILES string of the molecule is CNc1ncc2c(Oc3ccc(-c4nc(Nc5cccc(C)c5)n[nH]4)cc3)cccc2n1. The fourth-order valence-corrected chi connectivity index (χ4v) is 3.34. The van der Waals surface area contributed by atoms with Crippen LogP contribution in [0, 0.1) is 6.92 Å². The lowest BCUT2D eigenvalue weighted by molar-refractivity contribution is 0.488. The fraction of sp³-hybridized carbons (Fsp3) is 0.0833. The molecular formula is C24H21N7O. The summed E-state index contributed by atoms with van der Waals surface area (Å²) in [6, 6.07) is 21.5. The van der Waals surface area contributed by atoms with Gasteiger partial charge in [0.15, 0.2) is 5.82 Å². The van der Waals surface area contributed by atoms with E-state index in [4.69, 9.17) is 4.74 Å². The molecular weight excluding hydrogens is 402 g/mol. The Hall–Kier alpha value is -4.46. The van der Waals surface area contributed by atoms with Crippen molar-refractivity contribution in [1.29, 1.82) is 0 Å². The summed E-state index contributed by atoms with van der Waals surface area (Å²) >= 11 is 0. The number of nitrogens with one attached hydrogen (secondary N) is 3. The van der Waals surface area contributed by atoms with Crippen LogP contribution in [-0.2, 0) is 0 Å². The number of fused-ring (bicyclic) bond motifs is 1. The number of aromatic amines is 1. The molecule has 0 spiro atoms. The number of hydrogen-bond acceptors (Lipinski definition) is 7. The average molecular weight is 423 g/mol. The number of rotatable bonds is 6. The van der Waals surface area contributed by atoms with Gasteiger partial charge in [0.2, 0.25) is 11.9 Å². The summed E-state index contributed by atoms with van der Waals surface area (Å²) in [4.78, 5) is 13.3. The van der Waals surface area contributed by atoms with E-state index < -0.39 is 0 Å². The van der Waals surface area contributed by atoms with Crippen molar-refractivity contribution in [1.82, 2.24) is 25.1 Å². The predicted octanol–water partition coefficient (Wildman–Crippen LogP) is 5.30. The van der Waals surface area contributed by atoms with Gasteiger partial charge in [0.05, 0.1) is 10.9 Å². The van der Waals surface area contributed by atoms with Crippen LogP contribution in [0.15, 0.2) is 72.9 Å². The van der Waals surface area contributed by atoms with Crippen molar-refractivity contribution in [3.05, 3.63) is 78.5 Å². The topological polar surface area (TPSA) is 101 Å². The standard InChI is InChI=1S/C24H21N7O/c1-15-5-3-6-17(13-15)27-24-29-22(30-31-24)16-9-11-18(12-10-16)32-21-8-4-7-20-19(21)14-26-23(25-2)28-20/h3-14H,1-2H3,(H,25,26,28)(H2,27,29,30,31). The van der Waals surface area contributed by atoms with Crippen LogP contribution >= 0.6 is 0 Å². The molecule has 0 aliphatic heterocycles. The van der Waals surface area contributed by atoms with E-state index in [1.165, 1.54) is 5.56 Å². The van der Waals surface area contributed by atoms with Crippen LogP contribution in [0.3, 0.4) is 0 Å². The molecule has 2 heterocycles. The molecule has 0 radical (unpaired) electrons. The van der Waals surface area contributed by atoms with Crippen LogP contribution in [-0.4, -0.2) is 32.2 Å². The van der Waals surface area contributed by atoms with E-state index in [9.17, 15) is 0 Å². The molecule has 0 aliphatic carbocycles. The Morgan fingerprint density at radius 3 is 2.56 bits per heavy atom. The Morgan fingerprint density at radius 1 is 0.906 bits per heavy atom. The molecule has 2 aromatic heterocycles. The van der Waals surface area contributed by atoms with Crippen molar-refractivity contribution in [2.75, 3.05) is 17.7 Å². The van der Waals surface area contributed by atoms with Gasteiger partial charge < -0.3 is 15.4 Å².